The van der Waals surface area contributed by atoms with Gasteiger partial charge < -0.3 is 4.90 Å². The SMILES string of the molecule is Cc1ccc(C(C)(C)C)cc1N(c1cccc(C(C)(C)C)c1)c1ccc2cc3c(cc2c1)-c1cc2ccc(-c4ccccc4)cc2cc1-3. The van der Waals surface area contributed by atoms with Crippen LogP contribution in [-0.4, -0.2) is 0 Å². The lowest BCUT2D eigenvalue weighted by Gasteiger charge is -2.31. The molecule has 1 aliphatic rings. The van der Waals surface area contributed by atoms with Crippen LogP contribution in [0.25, 0.3) is 54.9 Å². The van der Waals surface area contributed by atoms with Gasteiger partial charge in [-0.2, -0.15) is 0 Å². The van der Waals surface area contributed by atoms with Gasteiger partial charge >= 0.3 is 0 Å². The number of hydrogen-bond donors (Lipinski definition) is 0. The van der Waals surface area contributed by atoms with E-state index >= 15 is 0 Å². The number of fused-ring (bicyclic) bond motifs is 6. The number of benzene rings is 7. The van der Waals surface area contributed by atoms with Crippen molar-refractivity contribution in [1.29, 1.82) is 0 Å². The summed E-state index contributed by atoms with van der Waals surface area (Å²) in [4.78, 5) is 2.46. The van der Waals surface area contributed by atoms with Crippen LogP contribution in [0.3, 0.4) is 0 Å². The summed E-state index contributed by atoms with van der Waals surface area (Å²) in [5.74, 6) is 0. The first kappa shape index (κ1) is 30.2. The standard InChI is InChI=1S/C47H43N/c1-30-16-20-38(47(5,6)7)29-45(30)48(39-15-11-14-37(28-39)46(2,3)4)40-21-19-34-25-42-43-26-35-22-32(31-12-9-8-10-13-31)17-18-33(35)24-41(43)44(42)27-36(34)23-40/h8-29H,1-7H3. The van der Waals surface area contributed by atoms with Crippen molar-refractivity contribution in [3.8, 4) is 33.4 Å². The van der Waals surface area contributed by atoms with Crippen molar-refractivity contribution in [2.24, 2.45) is 0 Å². The smallest absolute Gasteiger partial charge is 0.0493 e. The predicted octanol–water partition coefficient (Wildman–Crippen LogP) is 13.7. The van der Waals surface area contributed by atoms with Crippen LogP contribution < -0.4 is 4.90 Å². The Labute approximate surface area is 285 Å². The number of hydrogen-bond acceptors (Lipinski definition) is 1. The quantitative estimate of drug-likeness (QED) is 0.189. The van der Waals surface area contributed by atoms with E-state index < -0.39 is 0 Å². The Morgan fingerprint density at radius 3 is 1.60 bits per heavy atom. The summed E-state index contributed by atoms with van der Waals surface area (Å²) in [6.45, 7) is 16.0. The maximum absolute atomic E-state index is 2.46. The third-order valence-electron chi connectivity index (χ3n) is 10.2. The molecule has 0 bridgehead atoms. The average molecular weight is 622 g/mol. The van der Waals surface area contributed by atoms with Crippen molar-refractivity contribution in [2.75, 3.05) is 4.90 Å². The maximum atomic E-state index is 2.46. The molecular weight excluding hydrogens is 579 g/mol. The van der Waals surface area contributed by atoms with Gasteiger partial charge in [-0.1, -0.05) is 114 Å². The number of anilines is 3. The van der Waals surface area contributed by atoms with Gasteiger partial charge in [-0.3, -0.25) is 0 Å². The monoisotopic (exact) mass is 621 g/mol. The lowest BCUT2D eigenvalue weighted by molar-refractivity contribution is 0.590. The third-order valence-corrected chi connectivity index (χ3v) is 10.2. The van der Waals surface area contributed by atoms with Crippen LogP contribution in [0.15, 0.2) is 133 Å². The highest BCUT2D eigenvalue weighted by Crippen LogP contribution is 2.51. The van der Waals surface area contributed by atoms with Crippen molar-refractivity contribution in [2.45, 2.75) is 59.3 Å². The normalized spacial score (nSPS) is 12.5. The molecule has 0 atom stereocenters. The van der Waals surface area contributed by atoms with Crippen molar-refractivity contribution < 1.29 is 0 Å². The summed E-state index contributed by atoms with van der Waals surface area (Å²) in [6.07, 6.45) is 0. The van der Waals surface area contributed by atoms with Gasteiger partial charge in [0.1, 0.15) is 0 Å². The van der Waals surface area contributed by atoms with Gasteiger partial charge in [0.25, 0.3) is 0 Å². The van der Waals surface area contributed by atoms with E-state index in [4.69, 9.17) is 0 Å². The molecule has 0 unspecified atom stereocenters. The van der Waals surface area contributed by atoms with Gasteiger partial charge in [0.2, 0.25) is 0 Å². The molecule has 236 valence electrons. The van der Waals surface area contributed by atoms with E-state index in [9.17, 15) is 0 Å². The van der Waals surface area contributed by atoms with Gasteiger partial charge in [0.15, 0.2) is 0 Å². The Kier molecular flexibility index (Phi) is 6.90. The van der Waals surface area contributed by atoms with Crippen LogP contribution in [0.2, 0.25) is 0 Å². The fourth-order valence-corrected chi connectivity index (χ4v) is 7.22. The molecule has 0 spiro atoms. The molecule has 0 heterocycles. The number of nitrogens with zero attached hydrogens (tertiary/aromatic N) is 1. The molecule has 48 heavy (non-hydrogen) atoms. The van der Waals surface area contributed by atoms with Crippen LogP contribution in [0.4, 0.5) is 17.1 Å². The summed E-state index contributed by atoms with van der Waals surface area (Å²) in [5.41, 5.74) is 15.5. The zero-order valence-corrected chi connectivity index (χ0v) is 29.1. The Bertz CT molecular complexity index is 2360. The first-order valence-electron chi connectivity index (χ1n) is 17.2. The molecule has 0 radical (unpaired) electrons. The molecule has 7 aromatic rings. The minimum absolute atomic E-state index is 0.0493. The first-order valence-corrected chi connectivity index (χ1v) is 17.2. The molecule has 0 saturated carbocycles. The van der Waals surface area contributed by atoms with Gasteiger partial charge in [-0.25, -0.2) is 0 Å². The zero-order chi connectivity index (χ0) is 33.4. The Morgan fingerprint density at radius 2 is 0.958 bits per heavy atom. The van der Waals surface area contributed by atoms with E-state index in [0.717, 1.165) is 0 Å². The first-order chi connectivity index (χ1) is 22.9. The third kappa shape index (κ3) is 5.19. The molecule has 0 aliphatic heterocycles. The Morgan fingerprint density at radius 1 is 0.396 bits per heavy atom. The molecule has 0 aromatic heterocycles. The van der Waals surface area contributed by atoms with Crippen molar-refractivity contribution in [3.05, 3.63) is 150 Å². The summed E-state index contributed by atoms with van der Waals surface area (Å²) in [7, 11) is 0. The summed E-state index contributed by atoms with van der Waals surface area (Å²) in [6, 6.07) is 50.1. The second-order valence-electron chi connectivity index (χ2n) is 15.6. The topological polar surface area (TPSA) is 3.24 Å². The molecule has 8 rings (SSSR count). The largest absolute Gasteiger partial charge is 0.310 e. The highest BCUT2D eigenvalue weighted by atomic mass is 15.1. The van der Waals surface area contributed by atoms with Crippen LogP contribution in [0, 0.1) is 6.92 Å². The summed E-state index contributed by atoms with van der Waals surface area (Å²) in [5, 5.41) is 5.10. The summed E-state index contributed by atoms with van der Waals surface area (Å²) < 4.78 is 0. The van der Waals surface area contributed by atoms with Gasteiger partial charge in [-0.05, 0) is 150 Å². The van der Waals surface area contributed by atoms with Crippen molar-refractivity contribution in [1.82, 2.24) is 0 Å². The molecule has 1 aliphatic carbocycles. The predicted molar refractivity (Wildman–Crippen MR) is 208 cm³/mol. The fourth-order valence-electron chi connectivity index (χ4n) is 7.22. The van der Waals surface area contributed by atoms with Gasteiger partial charge in [-0.15, -0.1) is 0 Å². The van der Waals surface area contributed by atoms with E-state index in [1.165, 1.54) is 88.7 Å². The molecule has 0 amide bonds. The van der Waals surface area contributed by atoms with Crippen LogP contribution in [-0.2, 0) is 10.8 Å². The number of rotatable bonds is 4. The minimum atomic E-state index is 0.0493. The van der Waals surface area contributed by atoms with Crippen LogP contribution in [0.1, 0.15) is 58.2 Å². The van der Waals surface area contributed by atoms with E-state index in [2.05, 4.69) is 187 Å². The lowest BCUT2D eigenvalue weighted by Crippen LogP contribution is -2.17. The zero-order valence-electron chi connectivity index (χ0n) is 29.1. The van der Waals surface area contributed by atoms with Crippen molar-refractivity contribution >= 4 is 38.6 Å². The maximum Gasteiger partial charge on any atom is 0.0493 e. The highest BCUT2D eigenvalue weighted by molar-refractivity contribution is 6.12. The number of aryl methyl sites for hydroxylation is 1. The van der Waals surface area contributed by atoms with E-state index in [-0.39, 0.29) is 10.8 Å². The fraction of sp³-hybridized carbons (Fsp3) is 0.191. The molecule has 1 heteroatoms. The second-order valence-corrected chi connectivity index (χ2v) is 15.6. The van der Waals surface area contributed by atoms with E-state index in [0.29, 0.717) is 0 Å². The summed E-state index contributed by atoms with van der Waals surface area (Å²) >= 11 is 0. The molecule has 7 aromatic carbocycles. The Balaban J connectivity index is 1.24. The molecular formula is C47H43N. The second kappa shape index (κ2) is 11.0. The van der Waals surface area contributed by atoms with Crippen LogP contribution in [0.5, 0.6) is 0 Å². The molecule has 0 saturated heterocycles. The van der Waals surface area contributed by atoms with Crippen LogP contribution >= 0.6 is 0 Å². The molecule has 1 nitrogen and oxygen atoms in total. The average Bonchev–Trinajstić information content (AvgIpc) is 3.07. The lowest BCUT2D eigenvalue weighted by atomic mass is 9.77. The Hall–Kier alpha value is -5.14. The van der Waals surface area contributed by atoms with E-state index in [1.807, 2.05) is 0 Å². The van der Waals surface area contributed by atoms with Gasteiger partial charge in [0, 0.05) is 17.1 Å². The van der Waals surface area contributed by atoms with Crippen molar-refractivity contribution in [3.63, 3.8) is 0 Å². The van der Waals surface area contributed by atoms with Gasteiger partial charge in [0.05, 0.1) is 0 Å². The highest BCUT2D eigenvalue weighted by Gasteiger charge is 2.25. The molecule has 0 N–H and O–H groups in total. The van der Waals surface area contributed by atoms with E-state index in [1.54, 1.807) is 0 Å². The minimum Gasteiger partial charge on any atom is -0.310 e. The molecule has 0 fully saturated rings.